The van der Waals surface area contributed by atoms with Crippen molar-refractivity contribution in [2.45, 2.75) is 12.2 Å². The van der Waals surface area contributed by atoms with Gasteiger partial charge in [-0.25, -0.2) is 0 Å². The van der Waals surface area contributed by atoms with Crippen molar-refractivity contribution >= 4 is 11.8 Å². The number of nitrogens with zero attached hydrogens (tertiary/aromatic N) is 4. The topological polar surface area (TPSA) is 69.9 Å². The summed E-state index contributed by atoms with van der Waals surface area (Å²) < 4.78 is 43.7. The van der Waals surface area contributed by atoms with Crippen LogP contribution in [0.2, 0.25) is 0 Å². The fraction of sp³-hybridized carbons (Fsp3) is 0.320. The number of hydrogen-bond acceptors (Lipinski definition) is 5. The Morgan fingerprint density at radius 2 is 1.57 bits per heavy atom. The highest BCUT2D eigenvalue weighted by atomic mass is 19.4. The van der Waals surface area contributed by atoms with Crippen molar-refractivity contribution in [2.75, 3.05) is 39.3 Å². The first-order chi connectivity index (χ1) is 16.8. The van der Waals surface area contributed by atoms with E-state index < -0.39 is 11.7 Å². The molecule has 3 heterocycles. The summed E-state index contributed by atoms with van der Waals surface area (Å²) in [6.07, 6.45) is -3.03. The van der Waals surface area contributed by atoms with Crippen molar-refractivity contribution in [3.63, 3.8) is 0 Å². The minimum atomic E-state index is -4.40. The molecule has 0 radical (unpaired) electrons. The summed E-state index contributed by atoms with van der Waals surface area (Å²) in [4.78, 5) is 31.0. The fourth-order valence-electron chi connectivity index (χ4n) is 4.49. The van der Waals surface area contributed by atoms with Crippen molar-refractivity contribution in [3.8, 4) is 11.1 Å². The highest BCUT2D eigenvalue weighted by Gasteiger charge is 2.37. The van der Waals surface area contributed by atoms with Crippen LogP contribution < -0.4 is 0 Å². The molecular formula is C25H23F3N4O3. The second-order valence-corrected chi connectivity index (χ2v) is 8.73. The van der Waals surface area contributed by atoms with Gasteiger partial charge in [0.2, 0.25) is 0 Å². The number of piperazine rings is 1. The van der Waals surface area contributed by atoms with Gasteiger partial charge in [-0.1, -0.05) is 29.4 Å². The van der Waals surface area contributed by atoms with Crippen LogP contribution in [-0.2, 0) is 6.18 Å². The molecule has 2 aliphatic heterocycles. The maximum atomic E-state index is 13.0. The number of carbonyl (C=O) groups is 2. The third-order valence-electron chi connectivity index (χ3n) is 6.58. The summed E-state index contributed by atoms with van der Waals surface area (Å²) in [6, 6.07) is 13.6. The van der Waals surface area contributed by atoms with Gasteiger partial charge in [0.1, 0.15) is 6.26 Å². The van der Waals surface area contributed by atoms with Crippen LogP contribution in [0.15, 0.2) is 65.4 Å². The summed E-state index contributed by atoms with van der Waals surface area (Å²) in [6.45, 7) is 3.83. The van der Waals surface area contributed by atoms with Crippen molar-refractivity contribution in [2.24, 2.45) is 0 Å². The molecule has 0 aliphatic carbocycles. The van der Waals surface area contributed by atoms with E-state index in [2.05, 4.69) is 10.1 Å². The SMILES string of the molecule is O=C(c1ccc(-c2cccc(C(F)(F)F)c2)cc1)N1CC(N2CCN(C(=O)c3ccon3)CC2)C1. The zero-order valence-electron chi connectivity index (χ0n) is 18.7. The summed E-state index contributed by atoms with van der Waals surface area (Å²) in [7, 11) is 0. The molecule has 35 heavy (non-hydrogen) atoms. The quantitative estimate of drug-likeness (QED) is 0.566. The zero-order chi connectivity index (χ0) is 24.6. The van der Waals surface area contributed by atoms with Gasteiger partial charge in [0, 0.05) is 56.9 Å². The molecular weight excluding hydrogens is 461 g/mol. The number of carbonyl (C=O) groups excluding carboxylic acids is 2. The summed E-state index contributed by atoms with van der Waals surface area (Å²) in [5.41, 5.74) is 1.17. The van der Waals surface area contributed by atoms with Gasteiger partial charge in [0.05, 0.1) is 5.56 Å². The molecule has 0 N–H and O–H groups in total. The predicted molar refractivity (Wildman–Crippen MR) is 121 cm³/mol. The number of hydrogen-bond donors (Lipinski definition) is 0. The third kappa shape index (κ3) is 4.79. The van der Waals surface area contributed by atoms with Gasteiger partial charge in [-0.3, -0.25) is 14.5 Å². The van der Waals surface area contributed by atoms with Crippen LogP contribution in [0.25, 0.3) is 11.1 Å². The Kier molecular flexibility index (Phi) is 6.06. The number of likely N-dealkylation sites (tertiary alicyclic amines) is 1. The molecule has 0 unspecified atom stereocenters. The predicted octanol–water partition coefficient (Wildman–Crippen LogP) is 3.64. The molecule has 3 aromatic rings. The van der Waals surface area contributed by atoms with Crippen LogP contribution in [-0.4, -0.2) is 77.0 Å². The first-order valence-electron chi connectivity index (χ1n) is 11.3. The first kappa shape index (κ1) is 23.1. The Balaban J connectivity index is 1.14. The zero-order valence-corrected chi connectivity index (χ0v) is 18.7. The lowest BCUT2D eigenvalue weighted by molar-refractivity contribution is -0.137. The maximum Gasteiger partial charge on any atom is 0.416 e. The normalized spacial score (nSPS) is 17.3. The summed E-state index contributed by atoms with van der Waals surface area (Å²) >= 11 is 0. The van der Waals surface area contributed by atoms with Gasteiger partial charge >= 0.3 is 6.18 Å². The number of halogens is 3. The van der Waals surface area contributed by atoms with E-state index in [9.17, 15) is 22.8 Å². The lowest BCUT2D eigenvalue weighted by Crippen LogP contribution is -2.64. The summed E-state index contributed by atoms with van der Waals surface area (Å²) in [5, 5.41) is 3.70. The second-order valence-electron chi connectivity index (χ2n) is 8.73. The van der Waals surface area contributed by atoms with Crippen LogP contribution in [0.4, 0.5) is 13.2 Å². The van der Waals surface area contributed by atoms with E-state index in [0.29, 0.717) is 48.6 Å². The smallest absolute Gasteiger partial charge is 0.364 e. The van der Waals surface area contributed by atoms with Gasteiger partial charge in [-0.2, -0.15) is 13.2 Å². The van der Waals surface area contributed by atoms with Crippen molar-refractivity contribution in [1.29, 1.82) is 0 Å². The van der Waals surface area contributed by atoms with Crippen LogP contribution >= 0.6 is 0 Å². The molecule has 2 fully saturated rings. The fourth-order valence-corrected chi connectivity index (χ4v) is 4.49. The Hall–Kier alpha value is -3.66. The molecule has 5 rings (SSSR count). The van der Waals surface area contributed by atoms with Gasteiger partial charge in [0.15, 0.2) is 5.69 Å². The first-order valence-corrected chi connectivity index (χ1v) is 11.3. The molecule has 10 heteroatoms. The Labute approximate surface area is 199 Å². The van der Waals surface area contributed by atoms with E-state index in [4.69, 9.17) is 4.52 Å². The van der Waals surface area contributed by atoms with E-state index in [-0.39, 0.29) is 17.9 Å². The molecule has 0 saturated carbocycles. The highest BCUT2D eigenvalue weighted by Crippen LogP contribution is 2.32. The maximum absolute atomic E-state index is 13.0. The lowest BCUT2D eigenvalue weighted by Gasteiger charge is -2.48. The minimum absolute atomic E-state index is 0.100. The Morgan fingerprint density at radius 1 is 0.857 bits per heavy atom. The molecule has 2 saturated heterocycles. The van der Waals surface area contributed by atoms with Crippen LogP contribution in [0.5, 0.6) is 0 Å². The molecule has 2 amide bonds. The molecule has 0 spiro atoms. The second kappa shape index (κ2) is 9.18. The largest absolute Gasteiger partial charge is 0.416 e. The number of alkyl halides is 3. The van der Waals surface area contributed by atoms with E-state index in [0.717, 1.165) is 25.2 Å². The standard InChI is InChI=1S/C25H23F3N4O3/c26-25(27,28)20-3-1-2-19(14-20)17-4-6-18(7-5-17)23(33)32-15-21(16-32)30-9-11-31(12-10-30)24(34)22-8-13-35-29-22/h1-8,13-14,21H,9-12,15-16H2. The minimum Gasteiger partial charge on any atom is -0.364 e. The molecule has 182 valence electrons. The van der Waals surface area contributed by atoms with Crippen LogP contribution in [0.3, 0.4) is 0 Å². The van der Waals surface area contributed by atoms with Crippen molar-refractivity contribution < 1.29 is 27.3 Å². The summed E-state index contributed by atoms with van der Waals surface area (Å²) in [5.74, 6) is -0.242. The Morgan fingerprint density at radius 3 is 2.20 bits per heavy atom. The average molecular weight is 484 g/mol. The van der Waals surface area contributed by atoms with Crippen LogP contribution in [0, 0.1) is 0 Å². The lowest BCUT2D eigenvalue weighted by atomic mass is 10.00. The number of amides is 2. The van der Waals surface area contributed by atoms with Crippen molar-refractivity contribution in [3.05, 3.63) is 77.7 Å². The van der Waals surface area contributed by atoms with E-state index in [1.165, 1.54) is 12.3 Å². The van der Waals surface area contributed by atoms with Gasteiger partial charge in [0.25, 0.3) is 11.8 Å². The highest BCUT2D eigenvalue weighted by molar-refractivity contribution is 5.95. The Bertz CT molecular complexity index is 1200. The van der Waals surface area contributed by atoms with Crippen LogP contribution in [0.1, 0.15) is 26.4 Å². The van der Waals surface area contributed by atoms with E-state index in [1.807, 2.05) is 0 Å². The third-order valence-corrected chi connectivity index (χ3v) is 6.58. The van der Waals surface area contributed by atoms with Crippen molar-refractivity contribution in [1.82, 2.24) is 19.9 Å². The molecule has 0 bridgehead atoms. The number of aromatic nitrogens is 1. The monoisotopic (exact) mass is 484 g/mol. The average Bonchev–Trinajstić information content (AvgIpc) is 3.38. The molecule has 1 aromatic heterocycles. The number of benzene rings is 2. The van der Waals surface area contributed by atoms with Gasteiger partial charge in [-0.05, 0) is 35.4 Å². The van der Waals surface area contributed by atoms with E-state index >= 15 is 0 Å². The molecule has 0 atom stereocenters. The molecule has 7 nitrogen and oxygen atoms in total. The number of rotatable bonds is 4. The van der Waals surface area contributed by atoms with E-state index in [1.54, 1.807) is 46.2 Å². The van der Waals surface area contributed by atoms with Gasteiger partial charge < -0.3 is 14.3 Å². The molecule has 2 aliphatic rings. The molecule has 2 aromatic carbocycles. The van der Waals surface area contributed by atoms with Gasteiger partial charge in [-0.15, -0.1) is 0 Å².